The van der Waals surface area contributed by atoms with Crippen LogP contribution in [0.25, 0.3) is 0 Å². The fourth-order valence-electron chi connectivity index (χ4n) is 1.60. The lowest BCUT2D eigenvalue weighted by atomic mass is 10.2. The number of nitrogens with one attached hydrogen (secondary N) is 2. The summed E-state index contributed by atoms with van der Waals surface area (Å²) in [7, 11) is -4.50. The van der Waals surface area contributed by atoms with E-state index in [0.717, 1.165) is 25.1 Å². The van der Waals surface area contributed by atoms with Crippen molar-refractivity contribution in [1.82, 2.24) is 10.0 Å². The molecule has 1 atom stereocenters. The molecule has 0 saturated carbocycles. The summed E-state index contributed by atoms with van der Waals surface area (Å²) in [5.41, 5.74) is 1.05. The van der Waals surface area contributed by atoms with Crippen LogP contribution in [0, 0.1) is 0 Å². The summed E-state index contributed by atoms with van der Waals surface area (Å²) in [6, 6.07) is 6.78. The fourth-order valence-corrected chi connectivity index (χ4v) is 3.15. The first-order valence-corrected chi connectivity index (χ1v) is 9.76. The normalized spacial score (nSPS) is 13.3. The Labute approximate surface area is 123 Å². The van der Waals surface area contributed by atoms with Crippen LogP contribution in [0.5, 0.6) is 0 Å². The minimum Gasteiger partial charge on any atom is -0.313 e. The molecule has 114 valence electrons. The second-order valence-corrected chi connectivity index (χ2v) is 7.82. The van der Waals surface area contributed by atoms with Crippen LogP contribution in [0.3, 0.4) is 0 Å². The van der Waals surface area contributed by atoms with Crippen LogP contribution < -0.4 is 10.0 Å². The van der Waals surface area contributed by atoms with Gasteiger partial charge >= 0.3 is 0 Å². The van der Waals surface area contributed by atoms with E-state index in [0.29, 0.717) is 5.75 Å². The number of hydrogen-bond donors (Lipinski definition) is 2. The largest absolute Gasteiger partial charge is 0.313 e. The predicted octanol–water partition coefficient (Wildman–Crippen LogP) is 0.843. The van der Waals surface area contributed by atoms with Crippen molar-refractivity contribution in [2.45, 2.75) is 24.8 Å². The average Bonchev–Trinajstić information content (AvgIpc) is 2.39. The Morgan fingerprint density at radius 2 is 1.80 bits per heavy atom. The van der Waals surface area contributed by atoms with Crippen molar-refractivity contribution in [3.05, 3.63) is 29.8 Å². The molecule has 0 amide bonds. The van der Waals surface area contributed by atoms with E-state index in [1.807, 2.05) is 0 Å². The predicted molar refractivity (Wildman–Crippen MR) is 82.6 cm³/mol. The minimum absolute atomic E-state index is 0.186. The van der Waals surface area contributed by atoms with Crippen molar-refractivity contribution < 1.29 is 12.6 Å². The van der Waals surface area contributed by atoms with Crippen molar-refractivity contribution in [2.24, 2.45) is 0 Å². The smallest absolute Gasteiger partial charge is 0.240 e. The number of sulfonamides is 1. The van der Waals surface area contributed by atoms with E-state index in [4.69, 9.17) is 0 Å². The van der Waals surface area contributed by atoms with E-state index in [1.54, 1.807) is 30.5 Å². The zero-order valence-corrected chi connectivity index (χ0v) is 13.5. The monoisotopic (exact) mass is 318 g/mol. The molecule has 0 spiro atoms. The SMILES string of the molecule is CCCNCc1ccc(S(=O)(=O)NCCS(C)=O)cc1. The molecule has 0 heterocycles. The van der Waals surface area contributed by atoms with Crippen molar-refractivity contribution in [3.8, 4) is 0 Å². The summed E-state index contributed by atoms with van der Waals surface area (Å²) in [6.45, 7) is 3.95. The van der Waals surface area contributed by atoms with E-state index in [1.165, 1.54) is 0 Å². The molecule has 7 heteroatoms. The van der Waals surface area contributed by atoms with Gasteiger partial charge in [-0.2, -0.15) is 0 Å². The standard InChI is InChI=1S/C13H22N2O3S2/c1-3-8-14-11-12-4-6-13(7-5-12)20(17,18)15-9-10-19(2)16/h4-7,14-15H,3,8-11H2,1-2H3. The van der Waals surface area contributed by atoms with Crippen molar-refractivity contribution in [1.29, 1.82) is 0 Å². The van der Waals surface area contributed by atoms with Gasteiger partial charge in [0.15, 0.2) is 0 Å². The molecular formula is C13H22N2O3S2. The van der Waals surface area contributed by atoms with Crippen LogP contribution >= 0.6 is 0 Å². The van der Waals surface area contributed by atoms with Crippen LogP contribution in [0.15, 0.2) is 29.2 Å². The molecule has 0 aliphatic rings. The summed E-state index contributed by atoms with van der Waals surface area (Å²) >= 11 is 0. The molecule has 5 nitrogen and oxygen atoms in total. The first-order valence-electron chi connectivity index (χ1n) is 6.55. The van der Waals surface area contributed by atoms with Gasteiger partial charge < -0.3 is 5.32 Å². The van der Waals surface area contributed by atoms with E-state index in [2.05, 4.69) is 17.0 Å². The van der Waals surface area contributed by atoms with Gasteiger partial charge in [-0.3, -0.25) is 4.21 Å². The Kier molecular flexibility index (Phi) is 7.36. The second kappa shape index (κ2) is 8.51. The second-order valence-electron chi connectivity index (χ2n) is 4.50. The zero-order chi connectivity index (χ0) is 15.0. The Bertz CT molecular complexity index is 527. The first-order chi connectivity index (χ1) is 9.45. The third kappa shape index (κ3) is 6.13. The maximum atomic E-state index is 12.0. The molecule has 2 N–H and O–H groups in total. The zero-order valence-electron chi connectivity index (χ0n) is 11.9. The summed E-state index contributed by atoms with van der Waals surface area (Å²) < 4.78 is 37.3. The highest BCUT2D eigenvalue weighted by molar-refractivity contribution is 7.89. The fraction of sp³-hybridized carbons (Fsp3) is 0.538. The van der Waals surface area contributed by atoms with E-state index < -0.39 is 20.8 Å². The Morgan fingerprint density at radius 1 is 1.15 bits per heavy atom. The molecule has 0 radical (unpaired) electrons. The maximum Gasteiger partial charge on any atom is 0.240 e. The molecule has 1 aromatic rings. The average molecular weight is 318 g/mol. The Morgan fingerprint density at radius 3 is 2.35 bits per heavy atom. The lowest BCUT2D eigenvalue weighted by molar-refractivity contribution is 0.584. The van der Waals surface area contributed by atoms with Crippen LogP contribution in [-0.4, -0.2) is 37.7 Å². The maximum absolute atomic E-state index is 12.0. The molecule has 0 bridgehead atoms. The number of rotatable bonds is 9. The van der Waals surface area contributed by atoms with Gasteiger partial charge in [-0.1, -0.05) is 19.1 Å². The highest BCUT2D eigenvalue weighted by Crippen LogP contribution is 2.10. The quantitative estimate of drug-likeness (QED) is 0.662. The van der Waals surface area contributed by atoms with Crippen LogP contribution in [0.4, 0.5) is 0 Å². The molecular weight excluding hydrogens is 296 g/mol. The molecule has 1 unspecified atom stereocenters. The van der Waals surface area contributed by atoms with Crippen LogP contribution in [0.2, 0.25) is 0 Å². The Hall–Kier alpha value is -0.760. The van der Waals surface area contributed by atoms with E-state index in [-0.39, 0.29) is 11.4 Å². The molecule has 0 aromatic heterocycles. The van der Waals surface area contributed by atoms with Gasteiger partial charge in [-0.05, 0) is 30.7 Å². The summed E-state index contributed by atoms with van der Waals surface area (Å²) in [6.07, 6.45) is 2.61. The summed E-state index contributed by atoms with van der Waals surface area (Å²) in [4.78, 5) is 0.235. The molecule has 0 fully saturated rings. The summed E-state index contributed by atoms with van der Waals surface area (Å²) in [5.74, 6) is 0.318. The topological polar surface area (TPSA) is 75.3 Å². The number of benzene rings is 1. The van der Waals surface area contributed by atoms with Crippen LogP contribution in [-0.2, 0) is 27.4 Å². The van der Waals surface area contributed by atoms with Gasteiger partial charge in [0.1, 0.15) is 0 Å². The Balaban J connectivity index is 2.59. The van der Waals surface area contributed by atoms with E-state index in [9.17, 15) is 12.6 Å². The van der Waals surface area contributed by atoms with Gasteiger partial charge in [0.2, 0.25) is 10.0 Å². The van der Waals surface area contributed by atoms with Gasteiger partial charge in [0.25, 0.3) is 0 Å². The van der Waals surface area contributed by atoms with Gasteiger partial charge in [0.05, 0.1) is 4.90 Å². The third-order valence-corrected chi connectivity index (χ3v) is 4.93. The molecule has 1 rings (SSSR count). The van der Waals surface area contributed by atoms with Crippen molar-refractivity contribution >= 4 is 20.8 Å². The van der Waals surface area contributed by atoms with Crippen molar-refractivity contribution in [2.75, 3.05) is 25.1 Å². The lowest BCUT2D eigenvalue weighted by Crippen LogP contribution is -2.27. The van der Waals surface area contributed by atoms with Crippen molar-refractivity contribution in [3.63, 3.8) is 0 Å². The van der Waals surface area contributed by atoms with E-state index >= 15 is 0 Å². The summed E-state index contributed by atoms with van der Waals surface area (Å²) in [5, 5.41) is 3.26. The molecule has 0 aliphatic heterocycles. The number of hydrogen-bond acceptors (Lipinski definition) is 4. The molecule has 0 aliphatic carbocycles. The lowest BCUT2D eigenvalue weighted by Gasteiger charge is -2.07. The first kappa shape index (κ1) is 17.3. The minimum atomic E-state index is -3.50. The van der Waals surface area contributed by atoms with Gasteiger partial charge in [0, 0.05) is 35.9 Å². The van der Waals surface area contributed by atoms with Gasteiger partial charge in [-0.25, -0.2) is 13.1 Å². The molecule has 1 aromatic carbocycles. The van der Waals surface area contributed by atoms with Crippen LogP contribution in [0.1, 0.15) is 18.9 Å². The molecule has 0 saturated heterocycles. The third-order valence-electron chi connectivity index (χ3n) is 2.67. The molecule has 20 heavy (non-hydrogen) atoms. The highest BCUT2D eigenvalue weighted by Gasteiger charge is 2.13. The van der Waals surface area contributed by atoms with Gasteiger partial charge in [-0.15, -0.1) is 0 Å². The highest BCUT2D eigenvalue weighted by atomic mass is 32.2.